The van der Waals surface area contributed by atoms with Gasteiger partial charge in [-0.15, -0.1) is 0 Å². The molecule has 0 aromatic heterocycles. The molecule has 0 saturated heterocycles. The number of rotatable bonds is 5. The minimum absolute atomic E-state index is 0.271. The Bertz CT molecular complexity index is 227. The maximum absolute atomic E-state index is 9.31. The van der Waals surface area contributed by atoms with Crippen molar-refractivity contribution in [3.05, 3.63) is 0 Å². The quantitative estimate of drug-likeness (QED) is 0.806. The Labute approximate surface area is 117 Å². The second-order valence-electron chi connectivity index (χ2n) is 6.83. The lowest BCUT2D eigenvalue weighted by molar-refractivity contribution is 0.154. The van der Waals surface area contributed by atoms with Crippen LogP contribution in [0, 0.1) is 11.3 Å². The van der Waals surface area contributed by atoms with Crippen LogP contribution in [0.2, 0.25) is 0 Å². The molecule has 0 radical (unpaired) electrons. The molecular weight excluding hydrogens is 242 g/mol. The van der Waals surface area contributed by atoms with E-state index in [0.717, 1.165) is 5.92 Å². The number of hydrogen-bond acceptors (Lipinski definition) is 3. The summed E-state index contributed by atoms with van der Waals surface area (Å²) in [5.41, 5.74) is 0.462. The lowest BCUT2D eigenvalue weighted by atomic mass is 9.71. The number of aliphatic hydroxyl groups excluding tert-OH is 1. The second kappa shape index (κ2) is 7.16. The van der Waals surface area contributed by atoms with Gasteiger partial charge in [-0.2, -0.15) is 11.8 Å². The molecule has 0 aliphatic heterocycles. The highest BCUT2D eigenvalue weighted by atomic mass is 32.2. The van der Waals surface area contributed by atoms with E-state index in [4.69, 9.17) is 0 Å². The van der Waals surface area contributed by atoms with Crippen molar-refractivity contribution in [3.8, 4) is 0 Å². The maximum atomic E-state index is 9.31. The van der Waals surface area contributed by atoms with Crippen molar-refractivity contribution in [1.29, 1.82) is 0 Å². The Balaban J connectivity index is 2.35. The van der Waals surface area contributed by atoms with Gasteiger partial charge in [-0.05, 0) is 50.2 Å². The molecule has 108 valence electrons. The SMILES string of the molecule is CSC(CO)C(C)NC1CCC(C(C)(C)C)CC1. The van der Waals surface area contributed by atoms with Gasteiger partial charge in [-0.3, -0.25) is 0 Å². The fraction of sp³-hybridized carbons (Fsp3) is 1.00. The third kappa shape index (κ3) is 4.75. The molecule has 0 amide bonds. The van der Waals surface area contributed by atoms with Gasteiger partial charge in [0.05, 0.1) is 6.61 Å². The Kier molecular flexibility index (Phi) is 6.49. The molecule has 1 aliphatic rings. The van der Waals surface area contributed by atoms with Gasteiger partial charge < -0.3 is 10.4 Å². The molecule has 2 N–H and O–H groups in total. The largest absolute Gasteiger partial charge is 0.395 e. The van der Waals surface area contributed by atoms with Crippen LogP contribution in [0.5, 0.6) is 0 Å². The monoisotopic (exact) mass is 273 g/mol. The van der Waals surface area contributed by atoms with E-state index in [9.17, 15) is 5.11 Å². The molecule has 1 fully saturated rings. The van der Waals surface area contributed by atoms with Crippen molar-refractivity contribution in [2.45, 2.75) is 70.7 Å². The molecule has 0 heterocycles. The molecular formula is C15H31NOS. The molecule has 3 heteroatoms. The fourth-order valence-corrected chi connectivity index (χ4v) is 3.68. The summed E-state index contributed by atoms with van der Waals surface area (Å²) in [5, 5.41) is 13.4. The van der Waals surface area contributed by atoms with E-state index in [1.165, 1.54) is 25.7 Å². The van der Waals surface area contributed by atoms with Gasteiger partial charge in [0.1, 0.15) is 0 Å². The first kappa shape index (κ1) is 16.3. The van der Waals surface area contributed by atoms with Crippen LogP contribution in [0.1, 0.15) is 53.4 Å². The highest BCUT2D eigenvalue weighted by molar-refractivity contribution is 7.99. The van der Waals surface area contributed by atoms with Crippen molar-refractivity contribution >= 4 is 11.8 Å². The topological polar surface area (TPSA) is 32.3 Å². The molecule has 0 aromatic carbocycles. The van der Waals surface area contributed by atoms with Gasteiger partial charge in [0.2, 0.25) is 0 Å². The van der Waals surface area contributed by atoms with E-state index >= 15 is 0 Å². The van der Waals surface area contributed by atoms with E-state index in [2.05, 4.69) is 39.3 Å². The predicted molar refractivity (Wildman–Crippen MR) is 82.2 cm³/mol. The van der Waals surface area contributed by atoms with Crippen molar-refractivity contribution in [3.63, 3.8) is 0 Å². The Hall–Kier alpha value is 0.270. The first-order valence-electron chi connectivity index (χ1n) is 7.28. The fourth-order valence-electron chi connectivity index (χ4n) is 3.04. The van der Waals surface area contributed by atoms with Gasteiger partial charge in [-0.25, -0.2) is 0 Å². The van der Waals surface area contributed by atoms with Crippen LogP contribution in [0.4, 0.5) is 0 Å². The molecule has 2 atom stereocenters. The summed E-state index contributed by atoms with van der Waals surface area (Å²) in [5.74, 6) is 0.875. The van der Waals surface area contributed by atoms with Gasteiger partial charge in [0.25, 0.3) is 0 Å². The molecule has 1 saturated carbocycles. The van der Waals surface area contributed by atoms with Gasteiger partial charge in [0, 0.05) is 17.3 Å². The summed E-state index contributed by atoms with van der Waals surface area (Å²) in [4.78, 5) is 0. The van der Waals surface area contributed by atoms with Crippen LogP contribution in [-0.4, -0.2) is 35.3 Å². The van der Waals surface area contributed by atoms with Crippen molar-refractivity contribution in [2.24, 2.45) is 11.3 Å². The zero-order valence-electron chi connectivity index (χ0n) is 12.7. The molecule has 1 aliphatic carbocycles. The smallest absolute Gasteiger partial charge is 0.0564 e. The second-order valence-corrected chi connectivity index (χ2v) is 7.90. The molecule has 1 rings (SSSR count). The standard InChI is InChI=1S/C15H31NOS/c1-11(14(10-17)18-5)16-13-8-6-12(7-9-13)15(2,3)4/h11-14,16-17H,6-10H2,1-5H3. The van der Waals surface area contributed by atoms with E-state index < -0.39 is 0 Å². The molecule has 0 bridgehead atoms. The summed E-state index contributed by atoms with van der Waals surface area (Å²) < 4.78 is 0. The van der Waals surface area contributed by atoms with E-state index in [0.29, 0.717) is 22.7 Å². The normalized spacial score (nSPS) is 29.0. The first-order valence-corrected chi connectivity index (χ1v) is 8.57. The van der Waals surface area contributed by atoms with E-state index in [1.54, 1.807) is 11.8 Å². The molecule has 0 spiro atoms. The summed E-state index contributed by atoms with van der Waals surface area (Å²) in [6, 6.07) is 1.06. The zero-order valence-corrected chi connectivity index (χ0v) is 13.5. The Morgan fingerprint density at radius 2 is 1.78 bits per heavy atom. The van der Waals surface area contributed by atoms with Gasteiger partial charge >= 0.3 is 0 Å². The van der Waals surface area contributed by atoms with Gasteiger partial charge in [-0.1, -0.05) is 20.8 Å². The molecule has 0 aromatic rings. The number of hydrogen-bond donors (Lipinski definition) is 2. The van der Waals surface area contributed by atoms with Gasteiger partial charge in [0.15, 0.2) is 0 Å². The maximum Gasteiger partial charge on any atom is 0.0564 e. The number of aliphatic hydroxyl groups is 1. The van der Waals surface area contributed by atoms with Crippen LogP contribution >= 0.6 is 11.8 Å². The minimum atomic E-state index is 0.271. The Morgan fingerprint density at radius 3 is 2.17 bits per heavy atom. The zero-order chi connectivity index (χ0) is 13.8. The molecule has 2 nitrogen and oxygen atoms in total. The lowest BCUT2D eigenvalue weighted by Crippen LogP contribution is -2.45. The summed E-state index contributed by atoms with van der Waals surface area (Å²) in [6.45, 7) is 9.57. The third-order valence-corrected chi connectivity index (χ3v) is 5.65. The predicted octanol–water partition coefficient (Wildman–Crippen LogP) is 3.29. The highest BCUT2D eigenvalue weighted by Gasteiger charge is 2.30. The minimum Gasteiger partial charge on any atom is -0.395 e. The summed E-state index contributed by atoms with van der Waals surface area (Å²) in [6.07, 6.45) is 7.35. The van der Waals surface area contributed by atoms with Crippen LogP contribution < -0.4 is 5.32 Å². The average molecular weight is 273 g/mol. The van der Waals surface area contributed by atoms with Crippen molar-refractivity contribution < 1.29 is 5.11 Å². The van der Waals surface area contributed by atoms with Crippen molar-refractivity contribution in [2.75, 3.05) is 12.9 Å². The first-order chi connectivity index (χ1) is 8.38. The average Bonchev–Trinajstić information content (AvgIpc) is 2.30. The van der Waals surface area contributed by atoms with E-state index in [-0.39, 0.29) is 6.61 Å². The van der Waals surface area contributed by atoms with Crippen LogP contribution in [0.15, 0.2) is 0 Å². The summed E-state index contributed by atoms with van der Waals surface area (Å²) >= 11 is 1.76. The van der Waals surface area contributed by atoms with Crippen LogP contribution in [-0.2, 0) is 0 Å². The third-order valence-electron chi connectivity index (χ3n) is 4.49. The van der Waals surface area contributed by atoms with Crippen LogP contribution in [0.3, 0.4) is 0 Å². The number of nitrogens with one attached hydrogen (secondary N) is 1. The molecule has 2 unspecified atom stereocenters. The number of thioether (sulfide) groups is 1. The lowest BCUT2D eigenvalue weighted by Gasteiger charge is -2.38. The Morgan fingerprint density at radius 1 is 1.22 bits per heavy atom. The summed E-state index contributed by atoms with van der Waals surface area (Å²) in [7, 11) is 0. The highest BCUT2D eigenvalue weighted by Crippen LogP contribution is 2.37. The van der Waals surface area contributed by atoms with Crippen LogP contribution in [0.25, 0.3) is 0 Å². The van der Waals surface area contributed by atoms with E-state index in [1.807, 2.05) is 0 Å². The van der Waals surface area contributed by atoms with Crippen molar-refractivity contribution in [1.82, 2.24) is 5.32 Å². The molecule has 18 heavy (non-hydrogen) atoms.